The van der Waals surface area contributed by atoms with Gasteiger partial charge in [0.2, 0.25) is 0 Å². The van der Waals surface area contributed by atoms with Gasteiger partial charge in [0.25, 0.3) is 0 Å². The Morgan fingerprint density at radius 1 is 1.44 bits per heavy atom. The van der Waals surface area contributed by atoms with E-state index in [1.165, 1.54) is 0 Å². The van der Waals surface area contributed by atoms with Crippen LogP contribution in [0.25, 0.3) is 0 Å². The summed E-state index contributed by atoms with van der Waals surface area (Å²) in [6.07, 6.45) is 6.14. The number of anilines is 2. The van der Waals surface area contributed by atoms with Crippen LogP contribution in [-0.4, -0.2) is 53.2 Å². The lowest BCUT2D eigenvalue weighted by molar-refractivity contribution is 0.397. The van der Waals surface area contributed by atoms with Crippen molar-refractivity contribution in [3.05, 3.63) is 35.9 Å². The van der Waals surface area contributed by atoms with Crippen molar-refractivity contribution in [1.82, 2.24) is 20.2 Å². The maximum atomic E-state index is 13.1. The number of imidazole rings is 1. The number of benzene rings is 1. The Labute approximate surface area is 205 Å². The smallest absolute Gasteiger partial charge is 0.156 e. The van der Waals surface area contributed by atoms with Crippen LogP contribution in [0.3, 0.4) is 0 Å². The summed E-state index contributed by atoms with van der Waals surface area (Å²) in [4.78, 5) is 10.4. The summed E-state index contributed by atoms with van der Waals surface area (Å²) in [6.45, 7) is 2.55. The minimum atomic E-state index is -1.54. The zero-order valence-electron chi connectivity index (χ0n) is 19.1. The highest BCUT2D eigenvalue weighted by atomic mass is 32.2. The van der Waals surface area contributed by atoms with E-state index in [4.69, 9.17) is 27.5 Å². The predicted molar refractivity (Wildman–Crippen MR) is 137 cm³/mol. The van der Waals surface area contributed by atoms with Crippen LogP contribution < -0.4 is 42.7 Å². The average Bonchev–Trinajstić information content (AvgIpc) is 3.39. The molecule has 11 N–H and O–H groups in total. The Balaban J connectivity index is 2.01. The number of hydrazine groups is 1. The Morgan fingerprint density at radius 3 is 2.82 bits per heavy atom. The first-order chi connectivity index (χ1) is 16.5. The SMILES string of the molecule is CN(SON)c1c(S(=O)NCCCN)ccc(N2CCC(c3ncc[nH]3)CC2)c1/C(N)=N/NN. The monoisotopic (exact) mass is 511 g/mol. The standard InChI is InChI=1S/C19H33N11O2S2/c1-29(33-32-23)17-15(34(31)26-8-2-7-20)4-3-14(16(17)18(21)27-28-22)30-11-5-13(6-12-30)19-24-9-10-25-19/h3-4,9-10,13,26,28H,2,5-8,11-12,20,22-23H2,1H3,(H2,21,27)(H,24,25). The minimum absolute atomic E-state index is 0.144. The molecule has 1 aliphatic rings. The summed E-state index contributed by atoms with van der Waals surface area (Å²) in [5.41, 5.74) is 16.2. The summed E-state index contributed by atoms with van der Waals surface area (Å²) in [6, 6.07) is 3.72. The highest BCUT2D eigenvalue weighted by Gasteiger charge is 2.29. The maximum Gasteiger partial charge on any atom is 0.156 e. The number of hydrogen-bond acceptors (Lipinski definition) is 11. The zero-order valence-corrected chi connectivity index (χ0v) is 20.7. The molecule has 0 spiro atoms. The van der Waals surface area contributed by atoms with Crippen molar-refractivity contribution in [2.75, 3.05) is 42.4 Å². The fourth-order valence-corrected chi connectivity index (χ4v) is 5.55. The number of hydrazone groups is 1. The molecular weight excluding hydrogens is 478 g/mol. The first-order valence-electron chi connectivity index (χ1n) is 10.8. The van der Waals surface area contributed by atoms with E-state index in [2.05, 4.69) is 30.2 Å². The highest BCUT2D eigenvalue weighted by molar-refractivity contribution is 7.96. The number of nitrogens with zero attached hydrogens (tertiary/aromatic N) is 4. The normalized spacial score (nSPS) is 16.0. The van der Waals surface area contributed by atoms with Crippen LogP contribution in [-0.2, 0) is 15.3 Å². The molecule has 13 nitrogen and oxygen atoms in total. The number of H-pyrrole nitrogens is 1. The first-order valence-corrected chi connectivity index (χ1v) is 12.7. The summed E-state index contributed by atoms with van der Waals surface area (Å²) in [7, 11) is 0.202. The first kappa shape index (κ1) is 26.2. The molecule has 0 aliphatic carbocycles. The molecule has 1 unspecified atom stereocenters. The zero-order chi connectivity index (χ0) is 24.5. The molecule has 0 saturated carbocycles. The van der Waals surface area contributed by atoms with Crippen molar-refractivity contribution in [3.8, 4) is 0 Å². The molecule has 0 radical (unpaired) electrons. The van der Waals surface area contributed by atoms with Crippen molar-refractivity contribution in [2.24, 2.45) is 28.3 Å². The molecule has 3 rings (SSSR count). The Kier molecular flexibility index (Phi) is 9.94. The van der Waals surface area contributed by atoms with Gasteiger partial charge in [0.1, 0.15) is 29.0 Å². The van der Waals surface area contributed by atoms with Crippen molar-refractivity contribution in [1.29, 1.82) is 0 Å². The summed E-state index contributed by atoms with van der Waals surface area (Å²) in [5, 5.41) is 4.02. The lowest BCUT2D eigenvalue weighted by atomic mass is 9.95. The number of piperidine rings is 1. The number of aromatic nitrogens is 2. The topological polar surface area (TPSA) is 202 Å². The van der Waals surface area contributed by atoms with Gasteiger partial charge in [-0.15, -0.1) is 5.10 Å². The van der Waals surface area contributed by atoms with Gasteiger partial charge in [0.15, 0.2) is 5.84 Å². The second-order valence-electron chi connectivity index (χ2n) is 7.64. The highest BCUT2D eigenvalue weighted by Crippen LogP contribution is 2.39. The van der Waals surface area contributed by atoms with Crippen LogP contribution in [0.15, 0.2) is 34.5 Å². The third kappa shape index (κ3) is 6.18. The molecule has 0 amide bonds. The second kappa shape index (κ2) is 12.9. The van der Waals surface area contributed by atoms with Crippen LogP contribution in [0, 0.1) is 0 Å². The molecule has 34 heavy (non-hydrogen) atoms. The number of nitrogens with two attached hydrogens (primary N) is 4. The van der Waals surface area contributed by atoms with Gasteiger partial charge in [0.05, 0.1) is 16.1 Å². The lowest BCUT2D eigenvalue weighted by Gasteiger charge is -2.35. The number of amidine groups is 1. The van der Waals surface area contributed by atoms with Crippen molar-refractivity contribution >= 4 is 40.4 Å². The van der Waals surface area contributed by atoms with E-state index in [0.29, 0.717) is 41.6 Å². The molecule has 2 heterocycles. The third-order valence-electron chi connectivity index (χ3n) is 5.59. The van der Waals surface area contributed by atoms with Crippen LogP contribution in [0.2, 0.25) is 0 Å². The molecule has 1 atom stereocenters. The number of nitrogens with one attached hydrogen (secondary N) is 3. The van der Waals surface area contributed by atoms with Gasteiger partial charge in [-0.1, -0.05) is 0 Å². The predicted octanol–water partition coefficient (Wildman–Crippen LogP) is -0.272. The van der Waals surface area contributed by atoms with E-state index >= 15 is 0 Å². The fourth-order valence-electron chi connectivity index (χ4n) is 4.01. The second-order valence-corrected chi connectivity index (χ2v) is 9.80. The number of aromatic amines is 1. The molecule has 1 aromatic carbocycles. The molecule has 188 valence electrons. The summed E-state index contributed by atoms with van der Waals surface area (Å²) in [5.74, 6) is 12.3. The van der Waals surface area contributed by atoms with E-state index in [9.17, 15) is 4.21 Å². The minimum Gasteiger partial charge on any atom is -0.382 e. The van der Waals surface area contributed by atoms with Gasteiger partial charge in [-0.3, -0.25) is 4.31 Å². The van der Waals surface area contributed by atoms with Crippen molar-refractivity contribution < 1.29 is 8.49 Å². The molecular formula is C19H33N11O2S2. The number of rotatable bonds is 12. The molecule has 15 heteroatoms. The summed E-state index contributed by atoms with van der Waals surface area (Å²) < 4.78 is 22.6. The maximum absolute atomic E-state index is 13.1. The van der Waals surface area contributed by atoms with Crippen LogP contribution in [0.1, 0.15) is 36.6 Å². The fraction of sp³-hybridized carbons (Fsp3) is 0.474. The van der Waals surface area contributed by atoms with Gasteiger partial charge in [-0.25, -0.2) is 35.5 Å². The lowest BCUT2D eigenvalue weighted by Crippen LogP contribution is -2.36. The van der Waals surface area contributed by atoms with Crippen LogP contribution >= 0.6 is 12.2 Å². The van der Waals surface area contributed by atoms with Gasteiger partial charge < -0.3 is 21.4 Å². The molecule has 1 aromatic heterocycles. The quantitative estimate of drug-likeness (QED) is 0.0376. The third-order valence-corrected chi connectivity index (χ3v) is 7.27. The Hall–Kier alpha value is -2.40. The molecule has 1 fully saturated rings. The molecule has 2 aromatic rings. The molecule has 1 aliphatic heterocycles. The van der Waals surface area contributed by atoms with Crippen LogP contribution in [0.5, 0.6) is 0 Å². The van der Waals surface area contributed by atoms with Gasteiger partial charge in [-0.2, -0.15) is 0 Å². The van der Waals surface area contributed by atoms with Crippen molar-refractivity contribution in [2.45, 2.75) is 30.1 Å². The molecule has 1 saturated heterocycles. The largest absolute Gasteiger partial charge is 0.382 e. The number of hydrogen-bond donors (Lipinski definition) is 7. The van der Waals surface area contributed by atoms with Gasteiger partial charge in [-0.05, 0) is 37.9 Å². The van der Waals surface area contributed by atoms with Gasteiger partial charge in [0, 0.05) is 50.7 Å². The van der Waals surface area contributed by atoms with E-state index < -0.39 is 11.0 Å². The van der Waals surface area contributed by atoms with E-state index in [0.717, 1.165) is 49.7 Å². The van der Waals surface area contributed by atoms with E-state index in [1.807, 2.05) is 18.3 Å². The molecule has 0 bridgehead atoms. The Bertz CT molecular complexity index is 965. The van der Waals surface area contributed by atoms with E-state index in [1.54, 1.807) is 17.5 Å². The average molecular weight is 512 g/mol. The Morgan fingerprint density at radius 2 is 2.21 bits per heavy atom. The van der Waals surface area contributed by atoms with Gasteiger partial charge >= 0.3 is 0 Å². The van der Waals surface area contributed by atoms with Crippen molar-refractivity contribution in [3.63, 3.8) is 0 Å². The van der Waals surface area contributed by atoms with E-state index in [-0.39, 0.29) is 5.84 Å². The summed E-state index contributed by atoms with van der Waals surface area (Å²) >= 11 is 0.884. The van der Waals surface area contributed by atoms with Crippen LogP contribution in [0.4, 0.5) is 11.4 Å².